The number of benzene rings is 3. The predicted molar refractivity (Wildman–Crippen MR) is 128 cm³/mol. The Morgan fingerprint density at radius 1 is 1.00 bits per heavy atom. The van der Waals surface area contributed by atoms with Crippen molar-refractivity contribution in [3.8, 4) is 11.1 Å². The molecule has 3 heterocycles. The van der Waals surface area contributed by atoms with E-state index in [1.54, 1.807) is 4.90 Å². The zero-order valence-electron chi connectivity index (χ0n) is 18.4. The highest BCUT2D eigenvalue weighted by molar-refractivity contribution is 6.07. The molecule has 2 aliphatic heterocycles. The highest BCUT2D eigenvalue weighted by atomic mass is 16.5. The van der Waals surface area contributed by atoms with E-state index in [0.29, 0.717) is 31.9 Å². The Balaban J connectivity index is 1.37. The van der Waals surface area contributed by atoms with Crippen molar-refractivity contribution in [2.75, 3.05) is 26.3 Å². The Kier molecular flexibility index (Phi) is 4.69. The number of carbonyl (C=O) groups is 2. The van der Waals surface area contributed by atoms with Crippen molar-refractivity contribution in [2.24, 2.45) is 5.92 Å². The van der Waals surface area contributed by atoms with Gasteiger partial charge in [-0.25, -0.2) is 0 Å². The number of aromatic nitrogens is 1. The smallest absolute Gasteiger partial charge is 0.253 e. The Morgan fingerprint density at radius 2 is 1.91 bits per heavy atom. The second kappa shape index (κ2) is 7.74. The maximum atomic E-state index is 13.4. The third-order valence-corrected chi connectivity index (χ3v) is 6.78. The second-order valence-electron chi connectivity index (χ2n) is 9.14. The minimum Gasteiger partial charge on any atom is -0.378 e. The molecule has 2 atom stereocenters. The van der Waals surface area contributed by atoms with Crippen molar-refractivity contribution < 1.29 is 14.3 Å². The Morgan fingerprint density at radius 3 is 2.82 bits per heavy atom. The molecular formula is C27H25N3O3. The lowest BCUT2D eigenvalue weighted by Crippen LogP contribution is -2.44. The molecule has 6 rings (SSSR count). The van der Waals surface area contributed by atoms with Crippen LogP contribution in [-0.2, 0) is 9.53 Å². The molecular weight excluding hydrogens is 414 g/mol. The normalized spacial score (nSPS) is 20.6. The highest BCUT2D eigenvalue weighted by Gasteiger charge is 2.35. The van der Waals surface area contributed by atoms with Crippen molar-refractivity contribution in [1.29, 1.82) is 0 Å². The Bertz CT molecular complexity index is 1410. The average molecular weight is 440 g/mol. The SMILES string of the molecule is Cc1ccc2[nH]cc(-c3cccc4cc(C(=O)N5C[C@H]6COC[C@@H](C5)C(=O)N6)ccc34)c2c1. The third kappa shape index (κ3) is 3.47. The van der Waals surface area contributed by atoms with E-state index in [9.17, 15) is 9.59 Å². The molecule has 1 aromatic heterocycles. The summed E-state index contributed by atoms with van der Waals surface area (Å²) in [6.07, 6.45) is 2.06. The van der Waals surface area contributed by atoms with Crippen LogP contribution in [0.3, 0.4) is 0 Å². The first-order valence-electron chi connectivity index (χ1n) is 11.3. The molecule has 0 aliphatic carbocycles. The van der Waals surface area contributed by atoms with Gasteiger partial charge in [-0.15, -0.1) is 0 Å². The van der Waals surface area contributed by atoms with Gasteiger partial charge in [0.25, 0.3) is 5.91 Å². The van der Waals surface area contributed by atoms with E-state index in [2.05, 4.69) is 47.7 Å². The van der Waals surface area contributed by atoms with Gasteiger partial charge in [0.15, 0.2) is 0 Å². The van der Waals surface area contributed by atoms with Gasteiger partial charge in [0.1, 0.15) is 0 Å². The van der Waals surface area contributed by atoms with Crippen LogP contribution in [0.15, 0.2) is 60.8 Å². The van der Waals surface area contributed by atoms with Gasteiger partial charge in [-0.2, -0.15) is 0 Å². The van der Waals surface area contributed by atoms with Gasteiger partial charge in [-0.05, 0) is 47.5 Å². The molecule has 2 saturated heterocycles. The number of hydrogen-bond donors (Lipinski definition) is 2. The molecule has 3 aromatic carbocycles. The number of fused-ring (bicyclic) bond motifs is 5. The number of nitrogens with one attached hydrogen (secondary N) is 2. The van der Waals surface area contributed by atoms with Crippen LogP contribution in [0.5, 0.6) is 0 Å². The number of aromatic amines is 1. The van der Waals surface area contributed by atoms with E-state index < -0.39 is 0 Å². The lowest BCUT2D eigenvalue weighted by molar-refractivity contribution is -0.125. The summed E-state index contributed by atoms with van der Waals surface area (Å²) in [5.41, 5.74) is 5.26. The van der Waals surface area contributed by atoms with E-state index in [1.807, 2.05) is 30.3 Å². The van der Waals surface area contributed by atoms with Gasteiger partial charge in [0.2, 0.25) is 5.91 Å². The second-order valence-corrected chi connectivity index (χ2v) is 9.14. The van der Waals surface area contributed by atoms with Gasteiger partial charge >= 0.3 is 0 Å². The van der Waals surface area contributed by atoms with Crippen LogP contribution in [0.25, 0.3) is 32.8 Å². The summed E-state index contributed by atoms with van der Waals surface area (Å²) in [6, 6.07) is 18.4. The maximum Gasteiger partial charge on any atom is 0.253 e. The number of carbonyl (C=O) groups excluding carboxylic acids is 2. The summed E-state index contributed by atoms with van der Waals surface area (Å²) in [4.78, 5) is 30.9. The molecule has 2 fully saturated rings. The van der Waals surface area contributed by atoms with Gasteiger partial charge in [-0.3, -0.25) is 9.59 Å². The Labute approximate surface area is 191 Å². The number of nitrogens with zero attached hydrogens (tertiary/aromatic N) is 1. The number of amides is 2. The summed E-state index contributed by atoms with van der Waals surface area (Å²) in [6.45, 7) is 3.75. The molecule has 2 amide bonds. The molecule has 33 heavy (non-hydrogen) atoms. The van der Waals surface area contributed by atoms with Crippen molar-refractivity contribution in [3.63, 3.8) is 0 Å². The molecule has 2 bridgehead atoms. The summed E-state index contributed by atoms with van der Waals surface area (Å²) in [7, 11) is 0. The fraction of sp³-hybridized carbons (Fsp3) is 0.259. The monoisotopic (exact) mass is 439 g/mol. The van der Waals surface area contributed by atoms with Crippen molar-refractivity contribution in [3.05, 3.63) is 71.9 Å². The first kappa shape index (κ1) is 20.0. The standard InChI is InChI=1S/C27H25N3O3/c1-16-5-8-25-23(9-16)24(11-28-25)22-4-2-3-17-10-18(6-7-21(17)22)27(32)30-12-19-14-33-15-20(13-30)29-26(19)31/h2-11,19-20,28H,12-15H2,1H3,(H,29,31)/t19-,20+/m1/s1. The topological polar surface area (TPSA) is 74.4 Å². The summed E-state index contributed by atoms with van der Waals surface area (Å²) in [5.74, 6) is -0.387. The van der Waals surface area contributed by atoms with Crippen LogP contribution in [-0.4, -0.2) is 54.0 Å². The quantitative estimate of drug-likeness (QED) is 0.498. The van der Waals surface area contributed by atoms with Crippen LogP contribution in [0.4, 0.5) is 0 Å². The molecule has 2 aliphatic rings. The lowest BCUT2D eigenvalue weighted by atomic mass is 9.96. The highest BCUT2D eigenvalue weighted by Crippen LogP contribution is 2.35. The molecule has 6 nitrogen and oxygen atoms in total. The van der Waals surface area contributed by atoms with E-state index in [4.69, 9.17) is 4.74 Å². The minimum atomic E-state index is -0.321. The van der Waals surface area contributed by atoms with Gasteiger partial charge in [0, 0.05) is 41.3 Å². The molecule has 4 aromatic rings. The first-order valence-corrected chi connectivity index (χ1v) is 11.3. The van der Waals surface area contributed by atoms with Crippen molar-refractivity contribution in [2.45, 2.75) is 13.0 Å². The molecule has 0 radical (unpaired) electrons. The van der Waals surface area contributed by atoms with Gasteiger partial charge in [0.05, 0.1) is 25.2 Å². The van der Waals surface area contributed by atoms with Crippen molar-refractivity contribution in [1.82, 2.24) is 15.2 Å². The van der Waals surface area contributed by atoms with E-state index in [0.717, 1.165) is 27.4 Å². The first-order chi connectivity index (χ1) is 16.1. The minimum absolute atomic E-state index is 0.0232. The van der Waals surface area contributed by atoms with Crippen LogP contribution in [0.2, 0.25) is 0 Å². The molecule has 0 saturated carbocycles. The number of H-pyrrole nitrogens is 1. The fourth-order valence-electron chi connectivity index (χ4n) is 5.09. The van der Waals surface area contributed by atoms with Gasteiger partial charge in [-0.1, -0.05) is 35.9 Å². The summed E-state index contributed by atoms with van der Waals surface area (Å²) in [5, 5.41) is 6.31. The molecule has 0 unspecified atom stereocenters. The van der Waals surface area contributed by atoms with Crippen LogP contribution in [0, 0.1) is 12.8 Å². The van der Waals surface area contributed by atoms with Crippen LogP contribution in [0.1, 0.15) is 15.9 Å². The maximum absolute atomic E-state index is 13.4. The van der Waals surface area contributed by atoms with Gasteiger partial charge < -0.3 is 19.9 Å². The summed E-state index contributed by atoms with van der Waals surface area (Å²) < 4.78 is 5.59. The van der Waals surface area contributed by atoms with Crippen LogP contribution >= 0.6 is 0 Å². The zero-order chi connectivity index (χ0) is 22.5. The number of hydrogen-bond acceptors (Lipinski definition) is 3. The number of aryl methyl sites for hydroxylation is 1. The average Bonchev–Trinajstić information content (AvgIpc) is 3.04. The predicted octanol–water partition coefficient (Wildman–Crippen LogP) is 3.88. The number of ether oxygens (including phenoxy) is 1. The summed E-state index contributed by atoms with van der Waals surface area (Å²) >= 11 is 0. The molecule has 166 valence electrons. The van der Waals surface area contributed by atoms with Crippen LogP contribution < -0.4 is 5.32 Å². The number of rotatable bonds is 2. The van der Waals surface area contributed by atoms with Crippen molar-refractivity contribution >= 4 is 33.5 Å². The molecule has 6 heteroatoms. The van der Waals surface area contributed by atoms with E-state index >= 15 is 0 Å². The third-order valence-electron chi connectivity index (χ3n) is 6.78. The Hall–Kier alpha value is -3.64. The molecule has 2 N–H and O–H groups in total. The van der Waals surface area contributed by atoms with E-state index in [-0.39, 0.29) is 23.8 Å². The fourth-order valence-corrected chi connectivity index (χ4v) is 5.09. The zero-order valence-corrected chi connectivity index (χ0v) is 18.4. The molecule has 0 spiro atoms. The van der Waals surface area contributed by atoms with E-state index in [1.165, 1.54) is 10.9 Å². The lowest BCUT2D eigenvalue weighted by Gasteiger charge is -2.27. The largest absolute Gasteiger partial charge is 0.378 e.